The Labute approximate surface area is 99.2 Å². The Balaban J connectivity index is 2.68. The maximum absolute atomic E-state index is 8.97. The number of hydrogen-bond donors (Lipinski definition) is 1. The Morgan fingerprint density at radius 3 is 2.62 bits per heavy atom. The second kappa shape index (κ2) is 6.92. The summed E-state index contributed by atoms with van der Waals surface area (Å²) in [6.07, 6.45) is 5.32. The van der Waals surface area contributed by atoms with Gasteiger partial charge in [0, 0.05) is 25.8 Å². The van der Waals surface area contributed by atoms with E-state index >= 15 is 0 Å². The van der Waals surface area contributed by atoms with Crippen LogP contribution in [0.2, 0.25) is 0 Å². The second-order valence-corrected chi connectivity index (χ2v) is 4.07. The normalized spacial score (nSPS) is 11.7. The number of oxime groups is 1. The molecule has 0 atom stereocenters. The van der Waals surface area contributed by atoms with Gasteiger partial charge in [0.05, 0.1) is 10.4 Å². The zero-order valence-corrected chi connectivity index (χ0v) is 9.86. The third-order valence-corrected chi connectivity index (χ3v) is 2.81. The molecule has 0 fully saturated rings. The topological polar surface area (TPSA) is 48.7 Å². The fourth-order valence-corrected chi connectivity index (χ4v) is 1.90. The molecule has 0 saturated heterocycles. The molecular weight excluding hydrogens is 222 g/mol. The van der Waals surface area contributed by atoms with Crippen LogP contribution in [0.3, 0.4) is 0 Å². The van der Waals surface area contributed by atoms with Gasteiger partial charge in [0.15, 0.2) is 0 Å². The van der Waals surface area contributed by atoms with Crippen LogP contribution in [0, 0.1) is 0 Å². The van der Waals surface area contributed by atoms with Crippen molar-refractivity contribution < 1.29 is 5.21 Å². The van der Waals surface area contributed by atoms with Gasteiger partial charge in [-0.1, -0.05) is 17.3 Å². The molecule has 86 valence electrons. The molecule has 1 heterocycles. The Kier molecular flexibility index (Phi) is 5.45. The average Bonchev–Trinajstić information content (AvgIpc) is 2.79. The van der Waals surface area contributed by atoms with Crippen LogP contribution < -0.4 is 0 Å². The van der Waals surface area contributed by atoms with Crippen LogP contribution in [0.1, 0.15) is 4.88 Å². The molecule has 0 radical (unpaired) electrons. The zero-order valence-electron chi connectivity index (χ0n) is 9.04. The Morgan fingerprint density at radius 1 is 1.50 bits per heavy atom. The lowest BCUT2D eigenvalue weighted by atomic mass is 10.3. The molecule has 0 aliphatic carbocycles. The van der Waals surface area contributed by atoms with Crippen molar-refractivity contribution in [3.63, 3.8) is 0 Å². The quantitative estimate of drug-likeness (QED) is 0.341. The molecule has 1 rings (SSSR count). The highest BCUT2D eigenvalue weighted by Crippen LogP contribution is 2.08. The molecule has 0 spiro atoms. The molecule has 0 bridgehead atoms. The van der Waals surface area contributed by atoms with Crippen LogP contribution in [-0.2, 0) is 0 Å². The third-order valence-electron chi connectivity index (χ3n) is 1.99. The van der Waals surface area contributed by atoms with Crippen molar-refractivity contribution in [3.8, 4) is 0 Å². The number of thiazole rings is 1. The number of nitrogens with zero attached hydrogens (tertiary/aromatic N) is 3. The number of rotatable bonds is 7. The van der Waals surface area contributed by atoms with Gasteiger partial charge in [-0.05, 0) is 0 Å². The van der Waals surface area contributed by atoms with E-state index in [1.54, 1.807) is 11.7 Å². The highest BCUT2D eigenvalue weighted by atomic mass is 32.1. The van der Waals surface area contributed by atoms with E-state index in [9.17, 15) is 0 Å². The molecule has 1 N–H and O–H groups in total. The van der Waals surface area contributed by atoms with Crippen LogP contribution >= 0.6 is 11.3 Å². The molecule has 16 heavy (non-hydrogen) atoms. The Morgan fingerprint density at radius 2 is 2.19 bits per heavy atom. The summed E-state index contributed by atoms with van der Waals surface area (Å²) in [5.74, 6) is 0. The van der Waals surface area contributed by atoms with E-state index in [1.165, 1.54) is 11.3 Å². The van der Waals surface area contributed by atoms with Crippen molar-refractivity contribution >= 4 is 17.0 Å². The third kappa shape index (κ3) is 3.60. The first-order valence-corrected chi connectivity index (χ1v) is 5.73. The van der Waals surface area contributed by atoms with Gasteiger partial charge in [0.25, 0.3) is 0 Å². The molecule has 0 saturated carbocycles. The first-order chi connectivity index (χ1) is 7.81. The van der Waals surface area contributed by atoms with Crippen molar-refractivity contribution in [3.05, 3.63) is 41.9 Å². The van der Waals surface area contributed by atoms with E-state index < -0.39 is 0 Å². The van der Waals surface area contributed by atoms with E-state index in [4.69, 9.17) is 5.21 Å². The minimum absolute atomic E-state index is 0.552. The van der Waals surface area contributed by atoms with Crippen LogP contribution in [0.4, 0.5) is 0 Å². The average molecular weight is 237 g/mol. The predicted molar refractivity (Wildman–Crippen MR) is 67.3 cm³/mol. The van der Waals surface area contributed by atoms with Crippen LogP contribution in [-0.4, -0.2) is 40.4 Å². The van der Waals surface area contributed by atoms with Crippen molar-refractivity contribution in [1.82, 2.24) is 9.88 Å². The molecule has 0 unspecified atom stereocenters. The molecule has 0 aliphatic heterocycles. The minimum atomic E-state index is 0.552. The van der Waals surface area contributed by atoms with E-state index in [2.05, 4.69) is 28.2 Å². The summed E-state index contributed by atoms with van der Waals surface area (Å²) in [5, 5.41) is 12.3. The SMILES string of the molecule is C=CCN(CC=C)C/C(=N/O)c1cncs1. The standard InChI is InChI=1S/C11H15N3OS/c1-3-5-14(6-4-2)8-10(13-15)11-7-12-9-16-11/h3-4,7,9,15H,1-2,5-6,8H2/b13-10-. The molecule has 1 aromatic rings. The van der Waals surface area contributed by atoms with Gasteiger partial charge >= 0.3 is 0 Å². The summed E-state index contributed by atoms with van der Waals surface area (Å²) in [6, 6.07) is 0. The molecular formula is C11H15N3OS. The number of hydrogen-bond acceptors (Lipinski definition) is 5. The first kappa shape index (κ1) is 12.6. The molecule has 0 aliphatic rings. The monoisotopic (exact) mass is 237 g/mol. The fourth-order valence-electron chi connectivity index (χ4n) is 1.30. The lowest BCUT2D eigenvalue weighted by Gasteiger charge is -2.18. The fraction of sp³-hybridized carbons (Fsp3) is 0.273. The van der Waals surface area contributed by atoms with E-state index in [1.807, 2.05) is 12.2 Å². The van der Waals surface area contributed by atoms with Crippen molar-refractivity contribution in [1.29, 1.82) is 0 Å². The highest BCUT2D eigenvalue weighted by Gasteiger charge is 2.10. The van der Waals surface area contributed by atoms with Crippen LogP contribution in [0.25, 0.3) is 0 Å². The van der Waals surface area contributed by atoms with E-state index in [0.717, 1.165) is 18.0 Å². The summed E-state index contributed by atoms with van der Waals surface area (Å²) in [6.45, 7) is 9.39. The Hall–Kier alpha value is -1.46. The van der Waals surface area contributed by atoms with Gasteiger partial charge in [0.1, 0.15) is 5.71 Å². The van der Waals surface area contributed by atoms with Gasteiger partial charge in [-0.3, -0.25) is 9.88 Å². The maximum Gasteiger partial charge on any atom is 0.112 e. The Bertz CT molecular complexity index is 349. The summed E-state index contributed by atoms with van der Waals surface area (Å²) < 4.78 is 0. The van der Waals surface area contributed by atoms with E-state index in [-0.39, 0.29) is 0 Å². The first-order valence-electron chi connectivity index (χ1n) is 4.85. The zero-order chi connectivity index (χ0) is 11.8. The smallest absolute Gasteiger partial charge is 0.112 e. The van der Waals surface area contributed by atoms with Gasteiger partial charge in [0.2, 0.25) is 0 Å². The van der Waals surface area contributed by atoms with Gasteiger partial charge < -0.3 is 5.21 Å². The van der Waals surface area contributed by atoms with Gasteiger partial charge in [-0.25, -0.2) is 0 Å². The molecule has 0 amide bonds. The highest BCUT2D eigenvalue weighted by molar-refractivity contribution is 7.11. The van der Waals surface area contributed by atoms with Crippen LogP contribution in [0.15, 0.2) is 42.2 Å². The van der Waals surface area contributed by atoms with Crippen LogP contribution in [0.5, 0.6) is 0 Å². The van der Waals surface area contributed by atoms with Crippen molar-refractivity contribution in [2.24, 2.45) is 5.16 Å². The van der Waals surface area contributed by atoms with E-state index in [0.29, 0.717) is 12.3 Å². The molecule has 1 aromatic heterocycles. The summed E-state index contributed by atoms with van der Waals surface area (Å²) in [7, 11) is 0. The lowest BCUT2D eigenvalue weighted by molar-refractivity contribution is 0.311. The number of aromatic nitrogens is 1. The predicted octanol–water partition coefficient (Wildman–Crippen LogP) is 2.00. The largest absolute Gasteiger partial charge is 0.411 e. The lowest BCUT2D eigenvalue weighted by Crippen LogP contribution is -2.30. The van der Waals surface area contributed by atoms with Gasteiger partial charge in [-0.15, -0.1) is 24.5 Å². The summed E-state index contributed by atoms with van der Waals surface area (Å²) >= 11 is 1.45. The van der Waals surface area contributed by atoms with Crippen molar-refractivity contribution in [2.75, 3.05) is 19.6 Å². The second-order valence-electron chi connectivity index (χ2n) is 3.18. The summed E-state index contributed by atoms with van der Waals surface area (Å²) in [5.41, 5.74) is 2.33. The maximum atomic E-state index is 8.97. The van der Waals surface area contributed by atoms with Gasteiger partial charge in [-0.2, -0.15) is 0 Å². The van der Waals surface area contributed by atoms with Crippen molar-refractivity contribution in [2.45, 2.75) is 0 Å². The minimum Gasteiger partial charge on any atom is -0.411 e. The molecule has 4 nitrogen and oxygen atoms in total. The summed E-state index contributed by atoms with van der Waals surface area (Å²) in [4.78, 5) is 6.90. The molecule has 0 aromatic carbocycles. The molecule has 5 heteroatoms.